The van der Waals surface area contributed by atoms with Crippen LogP contribution in [0.2, 0.25) is 5.15 Å². The van der Waals surface area contributed by atoms with Gasteiger partial charge in [-0.2, -0.15) is 0 Å². The van der Waals surface area contributed by atoms with Gasteiger partial charge in [0.05, 0.1) is 11.2 Å². The second kappa shape index (κ2) is 8.49. The Morgan fingerprint density at radius 2 is 1.86 bits per heavy atom. The Labute approximate surface area is 176 Å². The average Bonchev–Trinajstić information content (AvgIpc) is 3.28. The molecule has 2 aromatic heterocycles. The third kappa shape index (κ3) is 4.27. The summed E-state index contributed by atoms with van der Waals surface area (Å²) in [5.74, 6) is 0.201. The minimum absolute atomic E-state index is 0.131. The van der Waals surface area contributed by atoms with Gasteiger partial charge in [0.1, 0.15) is 16.1 Å². The summed E-state index contributed by atoms with van der Waals surface area (Å²) >= 11 is 6.01. The van der Waals surface area contributed by atoms with Gasteiger partial charge in [0.25, 0.3) is 5.91 Å². The number of rotatable bonds is 4. The van der Waals surface area contributed by atoms with Gasteiger partial charge < -0.3 is 9.32 Å². The molecular formula is C21H20ClN3O3S. The van der Waals surface area contributed by atoms with Crippen LogP contribution >= 0.6 is 11.6 Å². The number of benzene rings is 1. The van der Waals surface area contributed by atoms with Gasteiger partial charge in [0.2, 0.25) is 0 Å². The molecule has 0 aliphatic carbocycles. The zero-order chi connectivity index (χ0) is 20.4. The molecule has 1 aliphatic rings. The van der Waals surface area contributed by atoms with Crippen molar-refractivity contribution in [1.29, 1.82) is 0 Å². The summed E-state index contributed by atoms with van der Waals surface area (Å²) in [4.78, 5) is 18.9. The summed E-state index contributed by atoms with van der Waals surface area (Å²) in [6.07, 6.45) is 3.15. The zero-order valence-electron chi connectivity index (χ0n) is 15.9. The molecule has 3 aromatic rings. The van der Waals surface area contributed by atoms with Gasteiger partial charge in [0.15, 0.2) is 5.76 Å². The first-order chi connectivity index (χ1) is 14.0. The minimum atomic E-state index is -1.31. The molecule has 1 aliphatic heterocycles. The average molecular weight is 430 g/mol. The van der Waals surface area contributed by atoms with Crippen LogP contribution in [0.3, 0.4) is 0 Å². The number of piperazine rings is 1. The fourth-order valence-electron chi connectivity index (χ4n) is 3.30. The number of hydrogen-bond acceptors (Lipinski definition) is 4. The monoisotopic (exact) mass is 429 g/mol. The Kier molecular flexibility index (Phi) is 5.80. The molecule has 6 nitrogen and oxygen atoms in total. The molecule has 0 bridgehead atoms. The van der Waals surface area contributed by atoms with E-state index in [0.717, 1.165) is 21.6 Å². The SMILES string of the molecule is Cc1ccc(-c2ccnc(Cl)c2)cc1S(=O)N1CCN(C(=O)c2ccco2)CC1. The van der Waals surface area contributed by atoms with E-state index in [1.807, 2.05) is 35.5 Å². The van der Waals surface area contributed by atoms with E-state index in [2.05, 4.69) is 4.98 Å². The van der Waals surface area contributed by atoms with Crippen LogP contribution in [0.5, 0.6) is 0 Å². The molecule has 29 heavy (non-hydrogen) atoms. The van der Waals surface area contributed by atoms with E-state index < -0.39 is 11.0 Å². The van der Waals surface area contributed by atoms with E-state index >= 15 is 0 Å². The van der Waals surface area contributed by atoms with E-state index in [-0.39, 0.29) is 5.91 Å². The Morgan fingerprint density at radius 3 is 2.55 bits per heavy atom. The van der Waals surface area contributed by atoms with Crippen LogP contribution in [0.1, 0.15) is 16.1 Å². The molecule has 1 amide bonds. The molecule has 0 N–H and O–H groups in total. The molecule has 1 atom stereocenters. The van der Waals surface area contributed by atoms with Crippen molar-refractivity contribution in [3.8, 4) is 11.1 Å². The number of hydrogen-bond donors (Lipinski definition) is 0. The van der Waals surface area contributed by atoms with Gasteiger partial charge in [0, 0.05) is 32.4 Å². The van der Waals surface area contributed by atoms with Gasteiger partial charge in [-0.25, -0.2) is 13.5 Å². The Morgan fingerprint density at radius 1 is 1.10 bits per heavy atom. The topological polar surface area (TPSA) is 66.7 Å². The number of carbonyl (C=O) groups is 1. The maximum atomic E-state index is 13.3. The van der Waals surface area contributed by atoms with Crippen molar-refractivity contribution in [3.63, 3.8) is 0 Å². The molecule has 1 aromatic carbocycles. The van der Waals surface area contributed by atoms with E-state index in [9.17, 15) is 9.00 Å². The minimum Gasteiger partial charge on any atom is -0.459 e. The molecule has 150 valence electrons. The predicted molar refractivity (Wildman–Crippen MR) is 112 cm³/mol. The molecule has 1 saturated heterocycles. The molecule has 4 rings (SSSR count). The van der Waals surface area contributed by atoms with Crippen molar-refractivity contribution in [2.75, 3.05) is 26.2 Å². The lowest BCUT2D eigenvalue weighted by Crippen LogP contribution is -2.49. The highest BCUT2D eigenvalue weighted by atomic mass is 35.5. The summed E-state index contributed by atoms with van der Waals surface area (Å²) in [6.45, 7) is 4.02. The van der Waals surface area contributed by atoms with Crippen LogP contribution in [0.25, 0.3) is 11.1 Å². The number of halogens is 1. The summed E-state index contributed by atoms with van der Waals surface area (Å²) in [7, 11) is -1.31. The van der Waals surface area contributed by atoms with E-state index in [4.69, 9.17) is 16.0 Å². The number of aryl methyl sites for hydroxylation is 1. The largest absolute Gasteiger partial charge is 0.459 e. The first-order valence-corrected chi connectivity index (χ1v) is 10.7. The molecule has 0 spiro atoms. The Bertz CT molecular complexity index is 1050. The number of carbonyl (C=O) groups excluding carboxylic acids is 1. The Balaban J connectivity index is 1.49. The lowest BCUT2D eigenvalue weighted by molar-refractivity contribution is 0.0669. The normalized spacial score (nSPS) is 16.0. The number of aromatic nitrogens is 1. The number of pyridine rings is 1. The second-order valence-electron chi connectivity index (χ2n) is 6.80. The highest BCUT2D eigenvalue weighted by molar-refractivity contribution is 7.82. The highest BCUT2D eigenvalue weighted by Gasteiger charge is 2.27. The molecule has 1 unspecified atom stereocenters. The first-order valence-electron chi connectivity index (χ1n) is 9.25. The van der Waals surface area contributed by atoms with Gasteiger partial charge in [-0.3, -0.25) is 4.79 Å². The van der Waals surface area contributed by atoms with Crippen LogP contribution in [0.4, 0.5) is 0 Å². The fraction of sp³-hybridized carbons (Fsp3) is 0.238. The van der Waals surface area contributed by atoms with Crippen LogP contribution in [0.15, 0.2) is 64.2 Å². The summed E-state index contributed by atoms with van der Waals surface area (Å²) < 4.78 is 20.3. The second-order valence-corrected chi connectivity index (χ2v) is 8.64. The lowest BCUT2D eigenvalue weighted by atomic mass is 10.1. The molecule has 8 heteroatoms. The van der Waals surface area contributed by atoms with Gasteiger partial charge >= 0.3 is 0 Å². The number of furan rings is 1. The van der Waals surface area contributed by atoms with Crippen LogP contribution < -0.4 is 0 Å². The molecule has 0 saturated carbocycles. The molecule has 0 radical (unpaired) electrons. The smallest absolute Gasteiger partial charge is 0.289 e. The Hall–Kier alpha value is -2.48. The zero-order valence-corrected chi connectivity index (χ0v) is 17.4. The van der Waals surface area contributed by atoms with Gasteiger partial charge in [-0.15, -0.1) is 0 Å². The van der Waals surface area contributed by atoms with Crippen molar-refractivity contribution in [2.24, 2.45) is 0 Å². The quantitative estimate of drug-likeness (QED) is 0.592. The van der Waals surface area contributed by atoms with Crippen molar-refractivity contribution >= 4 is 28.5 Å². The standard InChI is InChI=1S/C21H20ClN3O3S/c1-15-4-5-16(17-6-7-23-20(22)14-17)13-19(15)29(27)25-10-8-24(9-11-25)21(26)18-3-2-12-28-18/h2-7,12-14H,8-11H2,1H3. The van der Waals surface area contributed by atoms with E-state index in [1.54, 1.807) is 29.3 Å². The van der Waals surface area contributed by atoms with Crippen LogP contribution in [-0.2, 0) is 11.0 Å². The van der Waals surface area contributed by atoms with Gasteiger partial charge in [-0.05, 0) is 53.9 Å². The fourth-order valence-corrected chi connectivity index (χ4v) is 4.82. The third-order valence-corrected chi connectivity index (χ3v) is 6.79. The van der Waals surface area contributed by atoms with E-state index in [1.165, 1.54) is 6.26 Å². The van der Waals surface area contributed by atoms with Crippen LogP contribution in [0, 0.1) is 6.92 Å². The first kappa shape index (κ1) is 19.8. The summed E-state index contributed by atoms with van der Waals surface area (Å²) in [5.41, 5.74) is 2.83. The maximum Gasteiger partial charge on any atom is 0.289 e. The highest BCUT2D eigenvalue weighted by Crippen LogP contribution is 2.27. The molecule has 1 fully saturated rings. The number of amides is 1. The van der Waals surface area contributed by atoms with Gasteiger partial charge in [-0.1, -0.05) is 23.7 Å². The van der Waals surface area contributed by atoms with Crippen LogP contribution in [-0.4, -0.2) is 50.5 Å². The number of nitrogens with zero attached hydrogens (tertiary/aromatic N) is 3. The predicted octanol–water partition coefficient (Wildman–Crippen LogP) is 3.78. The lowest BCUT2D eigenvalue weighted by Gasteiger charge is -2.33. The van der Waals surface area contributed by atoms with Crippen molar-refractivity contribution < 1.29 is 13.4 Å². The van der Waals surface area contributed by atoms with Crippen molar-refractivity contribution in [3.05, 3.63) is 71.4 Å². The third-order valence-electron chi connectivity index (χ3n) is 4.93. The molecule has 3 heterocycles. The summed E-state index contributed by atoms with van der Waals surface area (Å²) in [5, 5.41) is 0.420. The summed E-state index contributed by atoms with van der Waals surface area (Å²) in [6, 6.07) is 12.9. The molecular weight excluding hydrogens is 410 g/mol. The van der Waals surface area contributed by atoms with E-state index in [0.29, 0.717) is 37.1 Å². The van der Waals surface area contributed by atoms with Crippen molar-refractivity contribution in [2.45, 2.75) is 11.8 Å². The van der Waals surface area contributed by atoms with Crippen molar-refractivity contribution in [1.82, 2.24) is 14.2 Å². The maximum absolute atomic E-state index is 13.3.